The lowest BCUT2D eigenvalue weighted by atomic mass is 9.46. The van der Waals surface area contributed by atoms with Crippen molar-refractivity contribution in [2.75, 3.05) is 0 Å². The van der Waals surface area contributed by atoms with Gasteiger partial charge in [-0.05, 0) is 104 Å². The van der Waals surface area contributed by atoms with E-state index < -0.39 is 5.60 Å². The van der Waals surface area contributed by atoms with Gasteiger partial charge < -0.3 is 10.2 Å². The molecular formula is C29H46O3. The van der Waals surface area contributed by atoms with Crippen LogP contribution in [0, 0.1) is 46.3 Å². The molecule has 3 heteroatoms. The first-order valence-electron chi connectivity index (χ1n) is 13.2. The van der Waals surface area contributed by atoms with E-state index in [4.69, 9.17) is 0 Å². The van der Waals surface area contributed by atoms with Gasteiger partial charge in [0.2, 0.25) is 0 Å². The van der Waals surface area contributed by atoms with Gasteiger partial charge in [-0.25, -0.2) is 0 Å². The topological polar surface area (TPSA) is 57.5 Å². The lowest BCUT2D eigenvalue weighted by Crippen LogP contribution is -2.53. The van der Waals surface area contributed by atoms with E-state index in [1.165, 1.54) is 18.4 Å². The van der Waals surface area contributed by atoms with Gasteiger partial charge in [-0.1, -0.05) is 46.3 Å². The molecule has 3 fully saturated rings. The van der Waals surface area contributed by atoms with Gasteiger partial charge in [0, 0.05) is 5.92 Å². The molecule has 9 atom stereocenters. The smallest absolute Gasteiger partial charge is 0.159 e. The molecule has 3 nitrogen and oxygen atoms in total. The first kappa shape index (κ1) is 24.2. The Morgan fingerprint density at radius 3 is 2.53 bits per heavy atom. The lowest BCUT2D eigenvalue weighted by Gasteiger charge is -2.57. The van der Waals surface area contributed by atoms with Crippen LogP contribution in [0.25, 0.3) is 0 Å². The Morgan fingerprint density at radius 2 is 1.88 bits per heavy atom. The van der Waals surface area contributed by atoms with Crippen LogP contribution in [0.5, 0.6) is 0 Å². The zero-order valence-electron chi connectivity index (χ0n) is 21.1. The molecule has 0 radical (unpaired) electrons. The molecule has 32 heavy (non-hydrogen) atoms. The Balaban J connectivity index is 1.54. The summed E-state index contributed by atoms with van der Waals surface area (Å²) >= 11 is 0. The summed E-state index contributed by atoms with van der Waals surface area (Å²) in [5, 5.41) is 21.2. The molecule has 4 aliphatic rings. The Labute approximate surface area is 195 Å². The van der Waals surface area contributed by atoms with Gasteiger partial charge in [-0.15, -0.1) is 6.58 Å². The number of rotatable bonds is 6. The zero-order valence-corrected chi connectivity index (χ0v) is 21.1. The number of aliphatic hydroxyl groups excluding tert-OH is 1. The first-order valence-corrected chi connectivity index (χ1v) is 13.2. The van der Waals surface area contributed by atoms with E-state index in [9.17, 15) is 15.0 Å². The summed E-state index contributed by atoms with van der Waals surface area (Å²) in [6, 6.07) is 0. The van der Waals surface area contributed by atoms with Crippen LogP contribution < -0.4 is 0 Å². The Morgan fingerprint density at radius 1 is 1.16 bits per heavy atom. The second-order valence-electron chi connectivity index (χ2n) is 12.7. The average molecular weight is 443 g/mol. The quantitative estimate of drug-likeness (QED) is 0.489. The third-order valence-corrected chi connectivity index (χ3v) is 11.0. The Bertz CT molecular complexity index is 783. The predicted octanol–water partition coefficient (Wildman–Crippen LogP) is 6.09. The molecular weight excluding hydrogens is 396 g/mol. The molecule has 0 aromatic carbocycles. The molecule has 0 bridgehead atoms. The minimum absolute atomic E-state index is 0.0978. The minimum atomic E-state index is -0.786. The fourth-order valence-corrected chi connectivity index (χ4v) is 8.64. The highest BCUT2D eigenvalue weighted by Gasteiger charge is 2.61. The van der Waals surface area contributed by atoms with Gasteiger partial charge >= 0.3 is 0 Å². The van der Waals surface area contributed by atoms with Gasteiger partial charge in [0.15, 0.2) is 5.78 Å². The van der Waals surface area contributed by atoms with Crippen molar-refractivity contribution in [1.82, 2.24) is 0 Å². The van der Waals surface area contributed by atoms with Crippen LogP contribution in [0.4, 0.5) is 0 Å². The van der Waals surface area contributed by atoms with Crippen molar-refractivity contribution in [1.29, 1.82) is 0 Å². The molecule has 0 spiro atoms. The summed E-state index contributed by atoms with van der Waals surface area (Å²) in [6.07, 6.45) is 12.5. The van der Waals surface area contributed by atoms with Gasteiger partial charge in [0.25, 0.3) is 0 Å². The summed E-state index contributed by atoms with van der Waals surface area (Å²) in [7, 11) is 0. The second-order valence-corrected chi connectivity index (χ2v) is 12.7. The maximum atomic E-state index is 13.5. The van der Waals surface area contributed by atoms with Gasteiger partial charge in [-0.2, -0.15) is 0 Å². The molecule has 0 heterocycles. The van der Waals surface area contributed by atoms with Crippen molar-refractivity contribution in [2.24, 2.45) is 46.3 Å². The van der Waals surface area contributed by atoms with Gasteiger partial charge in [0.1, 0.15) is 0 Å². The molecule has 2 N–H and O–H groups in total. The number of fused-ring (bicyclic) bond motifs is 5. The van der Waals surface area contributed by atoms with Gasteiger partial charge in [-0.3, -0.25) is 4.79 Å². The number of hydrogen-bond donors (Lipinski definition) is 2. The highest BCUT2D eigenvalue weighted by molar-refractivity contribution is 5.94. The number of carbonyl (C=O) groups is 1. The van der Waals surface area contributed by atoms with Crippen molar-refractivity contribution >= 4 is 5.78 Å². The summed E-state index contributed by atoms with van der Waals surface area (Å²) in [4.78, 5) is 13.5. The molecule has 0 unspecified atom stereocenters. The third kappa shape index (κ3) is 3.66. The van der Waals surface area contributed by atoms with Crippen LogP contribution >= 0.6 is 0 Å². The average Bonchev–Trinajstić information content (AvgIpc) is 3.10. The number of ketones is 1. The van der Waals surface area contributed by atoms with E-state index in [-0.39, 0.29) is 28.8 Å². The number of carbonyl (C=O) groups excluding carboxylic acids is 1. The largest absolute Gasteiger partial charge is 0.393 e. The van der Waals surface area contributed by atoms with Crippen LogP contribution in [0.3, 0.4) is 0 Å². The maximum Gasteiger partial charge on any atom is 0.159 e. The van der Waals surface area contributed by atoms with E-state index in [1.807, 2.05) is 6.08 Å². The standard InChI is InChI=1S/C29H46O3/c1-7-29(32,18(2)3)15-10-19(4)22-8-9-23-26-24(12-14-28(22,23)6)27(5)13-11-21(30)16-20(27)17-25(26)31/h7,17-19,21-24,26,30,32H,1,8-16H2,2-6H3/t19-,21+,22-,23+,24+,26+,27+,28-,29-/m1/s1. The van der Waals surface area contributed by atoms with Crippen molar-refractivity contribution in [2.45, 2.75) is 104 Å². The van der Waals surface area contributed by atoms with E-state index >= 15 is 0 Å². The Hall–Kier alpha value is -0.930. The maximum absolute atomic E-state index is 13.5. The number of hydrogen-bond acceptors (Lipinski definition) is 3. The molecule has 0 aromatic rings. The van der Waals surface area contributed by atoms with Crippen molar-refractivity contribution in [3.05, 3.63) is 24.3 Å². The van der Waals surface area contributed by atoms with Crippen LogP contribution in [-0.2, 0) is 4.79 Å². The highest BCUT2D eigenvalue weighted by Crippen LogP contribution is 2.66. The second kappa shape index (κ2) is 8.38. The fraction of sp³-hybridized carbons (Fsp3) is 0.828. The molecule has 3 saturated carbocycles. The van der Waals surface area contributed by atoms with Crippen LogP contribution in [-0.4, -0.2) is 27.7 Å². The van der Waals surface area contributed by atoms with Crippen molar-refractivity contribution in [3.63, 3.8) is 0 Å². The molecule has 4 rings (SSSR count). The highest BCUT2D eigenvalue weighted by atomic mass is 16.3. The van der Waals surface area contributed by atoms with Gasteiger partial charge in [0.05, 0.1) is 11.7 Å². The van der Waals surface area contributed by atoms with Crippen LogP contribution in [0.1, 0.15) is 92.4 Å². The summed E-state index contributed by atoms with van der Waals surface area (Å²) in [5.74, 6) is 2.76. The molecule has 0 aliphatic heterocycles. The zero-order chi connectivity index (χ0) is 23.5. The van der Waals surface area contributed by atoms with E-state index in [2.05, 4.69) is 41.2 Å². The van der Waals surface area contributed by atoms with E-state index in [0.29, 0.717) is 35.9 Å². The number of allylic oxidation sites excluding steroid dienone is 1. The normalized spacial score (nSPS) is 44.2. The molecule has 180 valence electrons. The van der Waals surface area contributed by atoms with Crippen LogP contribution in [0.2, 0.25) is 0 Å². The SMILES string of the molecule is C=C[C@@](O)(CC[C@@H](C)[C@H]1CC[C@H]2[C@@H]3C(=O)C=C4C[C@@H](O)CC[C@]4(C)[C@H]3CC[C@]12C)C(C)C. The van der Waals surface area contributed by atoms with Crippen LogP contribution in [0.15, 0.2) is 24.3 Å². The lowest BCUT2D eigenvalue weighted by molar-refractivity contribution is -0.135. The number of aliphatic hydroxyl groups is 2. The molecule has 4 aliphatic carbocycles. The molecule has 0 amide bonds. The molecule has 0 saturated heterocycles. The minimum Gasteiger partial charge on any atom is -0.393 e. The van der Waals surface area contributed by atoms with E-state index in [0.717, 1.165) is 38.5 Å². The fourth-order valence-electron chi connectivity index (χ4n) is 8.64. The van der Waals surface area contributed by atoms with Crippen molar-refractivity contribution < 1.29 is 15.0 Å². The monoisotopic (exact) mass is 442 g/mol. The van der Waals surface area contributed by atoms with Crippen molar-refractivity contribution in [3.8, 4) is 0 Å². The summed E-state index contributed by atoms with van der Waals surface area (Å²) < 4.78 is 0. The third-order valence-electron chi connectivity index (χ3n) is 11.0. The predicted molar refractivity (Wildman–Crippen MR) is 130 cm³/mol. The molecule has 0 aromatic heterocycles. The summed E-state index contributed by atoms with van der Waals surface area (Å²) in [5.41, 5.74) is 0.758. The first-order chi connectivity index (χ1) is 15.0. The summed E-state index contributed by atoms with van der Waals surface area (Å²) in [6.45, 7) is 15.3. The van der Waals surface area contributed by atoms with E-state index in [1.54, 1.807) is 6.08 Å². The Kier molecular flexibility index (Phi) is 6.34.